The average molecular weight is 237 g/mol. The number of aryl methyl sites for hydroxylation is 1. The number of hydrogen-bond donors (Lipinski definition) is 1. The maximum atomic E-state index is 5.22. The van der Waals surface area contributed by atoms with Gasteiger partial charge in [0.05, 0.1) is 12.2 Å². The van der Waals surface area contributed by atoms with Crippen molar-refractivity contribution in [3.63, 3.8) is 0 Å². The Bertz CT molecular complexity index is 363. The van der Waals surface area contributed by atoms with E-state index in [9.17, 15) is 0 Å². The van der Waals surface area contributed by atoms with Crippen molar-refractivity contribution < 1.29 is 4.52 Å². The average Bonchev–Trinajstić information content (AvgIpc) is 2.68. The van der Waals surface area contributed by atoms with Gasteiger partial charge in [0.15, 0.2) is 5.76 Å². The third kappa shape index (κ3) is 3.07. The number of nitrogens with one attached hydrogen (secondary N) is 1. The molecule has 1 aliphatic rings. The summed E-state index contributed by atoms with van der Waals surface area (Å²) < 4.78 is 5.22. The fraction of sp³-hybridized carbons (Fsp3) is 0.769. The summed E-state index contributed by atoms with van der Waals surface area (Å²) in [7, 11) is 2.21. The third-order valence-corrected chi connectivity index (χ3v) is 3.83. The Morgan fingerprint density at radius 2 is 2.29 bits per heavy atom. The van der Waals surface area contributed by atoms with Crippen molar-refractivity contribution >= 4 is 0 Å². The summed E-state index contributed by atoms with van der Waals surface area (Å²) in [5.74, 6) is 1.61. The van der Waals surface area contributed by atoms with Gasteiger partial charge in [-0.3, -0.25) is 0 Å². The lowest BCUT2D eigenvalue weighted by Gasteiger charge is -2.40. The van der Waals surface area contributed by atoms with Crippen LogP contribution in [0.4, 0.5) is 0 Å². The molecular formula is C13H23N3O. The van der Waals surface area contributed by atoms with Crippen LogP contribution in [0.25, 0.3) is 0 Å². The molecule has 2 heterocycles. The molecule has 0 aromatic carbocycles. The van der Waals surface area contributed by atoms with Crippen LogP contribution in [0.1, 0.15) is 31.7 Å². The van der Waals surface area contributed by atoms with E-state index in [0.717, 1.165) is 24.5 Å². The standard InChI is InChI=1S/C13H23N3O/c1-9-8-16(4)11(3)6-13(9)14-7-12-5-10(2)15-17-12/h5,9,11,13-14H,6-8H2,1-4H3. The lowest BCUT2D eigenvalue weighted by molar-refractivity contribution is 0.119. The van der Waals surface area contributed by atoms with Crippen molar-refractivity contribution in [3.05, 3.63) is 17.5 Å². The van der Waals surface area contributed by atoms with Gasteiger partial charge in [-0.2, -0.15) is 0 Å². The molecule has 0 spiro atoms. The molecule has 0 bridgehead atoms. The molecule has 3 unspecified atom stereocenters. The minimum atomic E-state index is 0.576. The van der Waals surface area contributed by atoms with Crippen molar-refractivity contribution in [2.75, 3.05) is 13.6 Å². The van der Waals surface area contributed by atoms with E-state index in [2.05, 4.69) is 36.3 Å². The minimum absolute atomic E-state index is 0.576. The highest BCUT2D eigenvalue weighted by molar-refractivity contribution is 5.03. The molecule has 2 rings (SSSR count). The van der Waals surface area contributed by atoms with Crippen LogP contribution in [0.2, 0.25) is 0 Å². The summed E-state index contributed by atoms with van der Waals surface area (Å²) in [4.78, 5) is 2.43. The van der Waals surface area contributed by atoms with E-state index in [1.54, 1.807) is 0 Å². The van der Waals surface area contributed by atoms with Crippen LogP contribution in [0.15, 0.2) is 10.6 Å². The van der Waals surface area contributed by atoms with Crippen LogP contribution in [-0.4, -0.2) is 35.7 Å². The van der Waals surface area contributed by atoms with Gasteiger partial charge in [-0.05, 0) is 33.2 Å². The van der Waals surface area contributed by atoms with Gasteiger partial charge in [0, 0.05) is 24.7 Å². The summed E-state index contributed by atoms with van der Waals surface area (Å²) in [6.45, 7) is 8.50. The largest absolute Gasteiger partial charge is 0.360 e. The van der Waals surface area contributed by atoms with Crippen molar-refractivity contribution in [1.82, 2.24) is 15.4 Å². The second kappa shape index (κ2) is 5.19. The number of nitrogens with zero attached hydrogens (tertiary/aromatic N) is 2. The van der Waals surface area contributed by atoms with Gasteiger partial charge in [-0.1, -0.05) is 12.1 Å². The molecule has 0 radical (unpaired) electrons. The molecule has 3 atom stereocenters. The summed E-state index contributed by atoms with van der Waals surface area (Å²) in [5.41, 5.74) is 0.951. The molecule has 1 aliphatic heterocycles. The minimum Gasteiger partial charge on any atom is -0.360 e. The van der Waals surface area contributed by atoms with Crippen molar-refractivity contribution in [3.8, 4) is 0 Å². The molecule has 1 aromatic heterocycles. The number of aromatic nitrogens is 1. The highest BCUT2D eigenvalue weighted by Gasteiger charge is 2.28. The van der Waals surface area contributed by atoms with E-state index in [1.165, 1.54) is 6.42 Å². The monoisotopic (exact) mass is 237 g/mol. The van der Waals surface area contributed by atoms with Gasteiger partial charge in [0.1, 0.15) is 0 Å². The Balaban J connectivity index is 1.86. The Hall–Kier alpha value is -0.870. The molecule has 96 valence electrons. The molecule has 4 heteroatoms. The van der Waals surface area contributed by atoms with E-state index in [4.69, 9.17) is 4.52 Å². The Labute approximate surface area is 103 Å². The van der Waals surface area contributed by atoms with E-state index >= 15 is 0 Å². The van der Waals surface area contributed by atoms with E-state index in [0.29, 0.717) is 18.0 Å². The normalized spacial score (nSPS) is 30.7. The van der Waals surface area contributed by atoms with Gasteiger partial charge in [0.25, 0.3) is 0 Å². The fourth-order valence-electron chi connectivity index (χ4n) is 2.56. The Morgan fingerprint density at radius 1 is 1.53 bits per heavy atom. The first-order chi connectivity index (χ1) is 8.06. The number of hydrogen-bond acceptors (Lipinski definition) is 4. The summed E-state index contributed by atoms with van der Waals surface area (Å²) in [6, 6.07) is 3.22. The van der Waals surface area contributed by atoms with Gasteiger partial charge in [-0.15, -0.1) is 0 Å². The summed E-state index contributed by atoms with van der Waals surface area (Å²) >= 11 is 0. The summed E-state index contributed by atoms with van der Waals surface area (Å²) in [5, 5.41) is 7.49. The lowest BCUT2D eigenvalue weighted by atomic mass is 9.90. The first-order valence-electron chi connectivity index (χ1n) is 6.42. The van der Waals surface area contributed by atoms with E-state index in [1.807, 2.05) is 13.0 Å². The molecule has 1 N–H and O–H groups in total. The second-order valence-corrected chi connectivity index (χ2v) is 5.42. The highest BCUT2D eigenvalue weighted by atomic mass is 16.5. The number of rotatable bonds is 3. The topological polar surface area (TPSA) is 41.3 Å². The zero-order valence-electron chi connectivity index (χ0n) is 11.2. The molecular weight excluding hydrogens is 214 g/mol. The van der Waals surface area contributed by atoms with Gasteiger partial charge < -0.3 is 14.7 Å². The zero-order chi connectivity index (χ0) is 12.4. The van der Waals surface area contributed by atoms with Crippen LogP contribution >= 0.6 is 0 Å². The van der Waals surface area contributed by atoms with Crippen molar-refractivity contribution in [1.29, 1.82) is 0 Å². The Kier molecular flexibility index (Phi) is 3.84. The SMILES string of the molecule is Cc1cc(CNC2CC(C)N(C)CC2C)on1. The molecule has 17 heavy (non-hydrogen) atoms. The molecule has 1 aromatic rings. The zero-order valence-corrected chi connectivity index (χ0v) is 11.2. The Morgan fingerprint density at radius 3 is 2.94 bits per heavy atom. The maximum Gasteiger partial charge on any atom is 0.150 e. The van der Waals surface area contributed by atoms with Crippen LogP contribution in [0.5, 0.6) is 0 Å². The smallest absolute Gasteiger partial charge is 0.150 e. The molecule has 0 saturated carbocycles. The van der Waals surface area contributed by atoms with Crippen LogP contribution in [-0.2, 0) is 6.54 Å². The predicted octanol–water partition coefficient (Wildman–Crippen LogP) is 1.80. The van der Waals surface area contributed by atoms with Crippen molar-refractivity contribution in [2.45, 2.75) is 45.8 Å². The highest BCUT2D eigenvalue weighted by Crippen LogP contribution is 2.21. The molecule has 1 fully saturated rings. The van der Waals surface area contributed by atoms with Crippen LogP contribution in [0.3, 0.4) is 0 Å². The molecule has 1 saturated heterocycles. The maximum absolute atomic E-state index is 5.22. The van der Waals surface area contributed by atoms with E-state index < -0.39 is 0 Å². The van der Waals surface area contributed by atoms with Crippen molar-refractivity contribution in [2.24, 2.45) is 5.92 Å². The number of piperidine rings is 1. The number of likely N-dealkylation sites (tertiary alicyclic amines) is 1. The van der Waals surface area contributed by atoms with Gasteiger partial charge in [-0.25, -0.2) is 0 Å². The fourth-order valence-corrected chi connectivity index (χ4v) is 2.56. The lowest BCUT2D eigenvalue weighted by Crippen LogP contribution is -2.50. The summed E-state index contributed by atoms with van der Waals surface area (Å²) in [6.07, 6.45) is 1.20. The van der Waals surface area contributed by atoms with Gasteiger partial charge in [0.2, 0.25) is 0 Å². The first kappa shape index (κ1) is 12.6. The molecule has 0 aliphatic carbocycles. The first-order valence-corrected chi connectivity index (χ1v) is 6.42. The molecule has 0 amide bonds. The third-order valence-electron chi connectivity index (χ3n) is 3.83. The predicted molar refractivity (Wildman–Crippen MR) is 67.7 cm³/mol. The van der Waals surface area contributed by atoms with Crippen LogP contribution in [0, 0.1) is 12.8 Å². The second-order valence-electron chi connectivity index (χ2n) is 5.42. The van der Waals surface area contributed by atoms with Gasteiger partial charge >= 0.3 is 0 Å². The van der Waals surface area contributed by atoms with E-state index in [-0.39, 0.29) is 0 Å². The quantitative estimate of drug-likeness (QED) is 0.870. The molecule has 4 nitrogen and oxygen atoms in total. The van der Waals surface area contributed by atoms with Crippen LogP contribution < -0.4 is 5.32 Å².